The minimum atomic E-state index is -0.123. The van der Waals surface area contributed by atoms with Gasteiger partial charge in [-0.2, -0.15) is 0 Å². The van der Waals surface area contributed by atoms with Gasteiger partial charge in [0.05, 0.1) is 6.61 Å². The minimum absolute atomic E-state index is 0. The highest BCUT2D eigenvalue weighted by Gasteiger charge is 1.91. The van der Waals surface area contributed by atoms with Gasteiger partial charge in [-0.05, 0) is 6.92 Å². The fourth-order valence-electron chi connectivity index (χ4n) is 0.263. The molecule has 0 heterocycles. The highest BCUT2D eigenvalue weighted by Crippen LogP contribution is 1.80. The first-order chi connectivity index (χ1) is 3.31. The molecule has 0 spiro atoms. The maximum Gasteiger partial charge on any atom is 0.305 e. The Labute approximate surface area is 49.6 Å². The molecule has 0 bridgehead atoms. The van der Waals surface area contributed by atoms with E-state index in [1.165, 1.54) is 0 Å². The van der Waals surface area contributed by atoms with Crippen LogP contribution < -0.4 is 6.15 Å². The molecule has 8 heavy (non-hydrogen) atoms. The molecular formula is C5H13NO2. The number of rotatable bonds is 2. The molecule has 0 rings (SSSR count). The first kappa shape index (κ1) is 10.4. The van der Waals surface area contributed by atoms with Crippen LogP contribution >= 0.6 is 0 Å². The summed E-state index contributed by atoms with van der Waals surface area (Å²) in [4.78, 5) is 10.2. The standard InChI is InChI=1S/C5H10O2.H3N/c1-3-5(6)7-4-2;/h3-4H2,1-2H3;1H3. The molecule has 0 radical (unpaired) electrons. The lowest BCUT2D eigenvalue weighted by atomic mass is 10.5. The van der Waals surface area contributed by atoms with E-state index in [9.17, 15) is 4.79 Å². The summed E-state index contributed by atoms with van der Waals surface area (Å²) in [5.41, 5.74) is 0. The van der Waals surface area contributed by atoms with Gasteiger partial charge in [0.25, 0.3) is 0 Å². The van der Waals surface area contributed by atoms with E-state index in [0.29, 0.717) is 13.0 Å². The minimum Gasteiger partial charge on any atom is -0.466 e. The zero-order chi connectivity index (χ0) is 5.70. The Hall–Kier alpha value is -0.570. The van der Waals surface area contributed by atoms with Gasteiger partial charge >= 0.3 is 5.97 Å². The van der Waals surface area contributed by atoms with Gasteiger partial charge in [-0.1, -0.05) is 6.92 Å². The van der Waals surface area contributed by atoms with E-state index in [2.05, 4.69) is 4.74 Å². The Morgan fingerprint density at radius 2 is 2.00 bits per heavy atom. The lowest BCUT2D eigenvalue weighted by Crippen LogP contribution is -2.00. The van der Waals surface area contributed by atoms with Crippen LogP contribution in [0.2, 0.25) is 0 Å². The molecule has 0 unspecified atom stereocenters. The summed E-state index contributed by atoms with van der Waals surface area (Å²) in [6, 6.07) is 0. The van der Waals surface area contributed by atoms with E-state index < -0.39 is 0 Å². The number of ether oxygens (including phenoxy) is 1. The largest absolute Gasteiger partial charge is 0.466 e. The molecule has 3 heteroatoms. The van der Waals surface area contributed by atoms with E-state index in [-0.39, 0.29) is 12.1 Å². The molecule has 0 aromatic rings. The van der Waals surface area contributed by atoms with Crippen molar-refractivity contribution in [3.05, 3.63) is 0 Å². The van der Waals surface area contributed by atoms with Crippen LogP contribution in [-0.2, 0) is 9.53 Å². The lowest BCUT2D eigenvalue weighted by Gasteiger charge is -1.93. The summed E-state index contributed by atoms with van der Waals surface area (Å²) < 4.78 is 4.55. The second kappa shape index (κ2) is 6.43. The average Bonchev–Trinajstić information content (AvgIpc) is 1.68. The van der Waals surface area contributed by atoms with Gasteiger partial charge in [0, 0.05) is 6.42 Å². The number of carbonyl (C=O) groups is 1. The average molecular weight is 119 g/mol. The van der Waals surface area contributed by atoms with Crippen molar-refractivity contribution in [2.45, 2.75) is 20.3 Å². The lowest BCUT2D eigenvalue weighted by molar-refractivity contribution is -0.142. The number of hydrogen-bond acceptors (Lipinski definition) is 3. The second-order valence-electron chi connectivity index (χ2n) is 1.16. The zero-order valence-electron chi connectivity index (χ0n) is 5.44. The van der Waals surface area contributed by atoms with E-state index >= 15 is 0 Å². The van der Waals surface area contributed by atoms with Gasteiger partial charge in [-0.15, -0.1) is 0 Å². The Morgan fingerprint density at radius 1 is 1.50 bits per heavy atom. The maximum atomic E-state index is 10.2. The number of hydrogen-bond donors (Lipinski definition) is 1. The van der Waals surface area contributed by atoms with Gasteiger partial charge in [-0.3, -0.25) is 4.79 Å². The van der Waals surface area contributed by atoms with Gasteiger partial charge in [0.15, 0.2) is 0 Å². The molecule has 0 aliphatic rings. The van der Waals surface area contributed by atoms with E-state index in [0.717, 1.165) is 0 Å². The molecule has 0 fully saturated rings. The summed E-state index contributed by atoms with van der Waals surface area (Å²) in [6.45, 7) is 4.07. The SMILES string of the molecule is CCOC(=O)CC.N. The molecule has 50 valence electrons. The highest BCUT2D eigenvalue weighted by atomic mass is 16.5. The van der Waals surface area contributed by atoms with Crippen molar-refractivity contribution in [1.82, 2.24) is 6.15 Å². The summed E-state index contributed by atoms with van der Waals surface area (Å²) in [5.74, 6) is -0.123. The Bertz CT molecular complexity index is 63.4. The summed E-state index contributed by atoms with van der Waals surface area (Å²) >= 11 is 0. The van der Waals surface area contributed by atoms with Crippen LogP contribution in [0.5, 0.6) is 0 Å². The molecular weight excluding hydrogens is 106 g/mol. The summed E-state index contributed by atoms with van der Waals surface area (Å²) in [5, 5.41) is 0. The fraction of sp³-hybridized carbons (Fsp3) is 0.800. The zero-order valence-corrected chi connectivity index (χ0v) is 5.44. The van der Waals surface area contributed by atoms with Crippen molar-refractivity contribution in [3.8, 4) is 0 Å². The summed E-state index contributed by atoms with van der Waals surface area (Å²) in [7, 11) is 0. The third-order valence-corrected chi connectivity index (χ3v) is 0.594. The van der Waals surface area contributed by atoms with E-state index in [4.69, 9.17) is 0 Å². The van der Waals surface area contributed by atoms with Gasteiger partial charge < -0.3 is 10.9 Å². The first-order valence-corrected chi connectivity index (χ1v) is 2.46. The maximum absolute atomic E-state index is 10.2. The molecule has 0 aliphatic carbocycles. The molecule has 0 saturated heterocycles. The molecule has 0 aromatic heterocycles. The van der Waals surface area contributed by atoms with E-state index in [1.807, 2.05) is 0 Å². The Balaban J connectivity index is 0. The first-order valence-electron chi connectivity index (χ1n) is 2.46. The Kier molecular flexibility index (Phi) is 8.37. The molecule has 0 amide bonds. The molecule has 0 aromatic carbocycles. The summed E-state index contributed by atoms with van der Waals surface area (Å²) in [6.07, 6.45) is 0.480. The molecule has 0 aliphatic heterocycles. The smallest absolute Gasteiger partial charge is 0.305 e. The quantitative estimate of drug-likeness (QED) is 0.554. The van der Waals surface area contributed by atoms with Crippen molar-refractivity contribution in [1.29, 1.82) is 0 Å². The topological polar surface area (TPSA) is 61.3 Å². The van der Waals surface area contributed by atoms with Gasteiger partial charge in [0.1, 0.15) is 0 Å². The van der Waals surface area contributed by atoms with Crippen LogP contribution in [0.3, 0.4) is 0 Å². The third-order valence-electron chi connectivity index (χ3n) is 0.594. The van der Waals surface area contributed by atoms with Crippen molar-refractivity contribution in [2.24, 2.45) is 0 Å². The van der Waals surface area contributed by atoms with E-state index in [1.54, 1.807) is 13.8 Å². The predicted octanol–water partition coefficient (Wildman–Crippen LogP) is 1.12. The van der Waals surface area contributed by atoms with Crippen LogP contribution in [0.1, 0.15) is 20.3 Å². The fourth-order valence-corrected chi connectivity index (χ4v) is 0.263. The monoisotopic (exact) mass is 119 g/mol. The molecule has 0 atom stereocenters. The van der Waals surface area contributed by atoms with Crippen LogP contribution in [0.4, 0.5) is 0 Å². The van der Waals surface area contributed by atoms with Crippen molar-refractivity contribution >= 4 is 5.97 Å². The van der Waals surface area contributed by atoms with Crippen molar-refractivity contribution in [2.75, 3.05) is 6.61 Å². The molecule has 3 nitrogen and oxygen atoms in total. The molecule has 3 N–H and O–H groups in total. The van der Waals surface area contributed by atoms with Crippen LogP contribution in [0.15, 0.2) is 0 Å². The second-order valence-corrected chi connectivity index (χ2v) is 1.16. The predicted molar refractivity (Wildman–Crippen MR) is 31.9 cm³/mol. The van der Waals surface area contributed by atoms with Crippen molar-refractivity contribution < 1.29 is 9.53 Å². The molecule has 0 saturated carbocycles. The normalized spacial score (nSPS) is 7.25. The van der Waals surface area contributed by atoms with Crippen LogP contribution in [0.25, 0.3) is 0 Å². The highest BCUT2D eigenvalue weighted by molar-refractivity contribution is 5.68. The number of esters is 1. The van der Waals surface area contributed by atoms with Gasteiger partial charge in [0.2, 0.25) is 0 Å². The number of carbonyl (C=O) groups excluding carboxylic acids is 1. The van der Waals surface area contributed by atoms with Crippen molar-refractivity contribution in [3.63, 3.8) is 0 Å². The van der Waals surface area contributed by atoms with Gasteiger partial charge in [-0.25, -0.2) is 0 Å². The third kappa shape index (κ3) is 5.43. The van der Waals surface area contributed by atoms with Crippen LogP contribution in [-0.4, -0.2) is 12.6 Å². The Morgan fingerprint density at radius 3 is 2.12 bits per heavy atom. The van der Waals surface area contributed by atoms with Crippen LogP contribution in [0, 0.1) is 0 Å².